The van der Waals surface area contributed by atoms with Crippen LogP contribution >= 0.6 is 0 Å². The van der Waals surface area contributed by atoms with Gasteiger partial charge in [0.05, 0.1) is 12.3 Å². The van der Waals surface area contributed by atoms with Gasteiger partial charge in [0.15, 0.2) is 0 Å². The number of rotatable bonds is 2. The van der Waals surface area contributed by atoms with Crippen LogP contribution in [0, 0.1) is 34.5 Å². The number of likely N-dealkylation sites (tertiary alicyclic amines) is 2. The Kier molecular flexibility index (Phi) is 5.57. The van der Waals surface area contributed by atoms with Gasteiger partial charge < -0.3 is 10.2 Å². The van der Waals surface area contributed by atoms with E-state index in [9.17, 15) is 15.0 Å². The Balaban J connectivity index is 1.25. The summed E-state index contributed by atoms with van der Waals surface area (Å²) in [4.78, 5) is 16.9. The molecule has 2 saturated heterocycles. The number of nitrogens with zero attached hydrogens (tertiary/aromatic N) is 2. The van der Waals surface area contributed by atoms with Gasteiger partial charge in [-0.3, -0.25) is 14.6 Å². The molecule has 2 heterocycles. The maximum atomic E-state index is 12.5. The summed E-state index contributed by atoms with van der Waals surface area (Å²) in [5.74, 6) is 3.22. The standard InChI is InChI=1S/C28H46N2O3/c1-26-12-7-21(32)18-19(26)5-6-22-23(26)8-13-27(2)24(22)9-14-28(27,33)30-15-3-4-25(30)29-16-10-20(31)11-17-29/h19,21-25,32-33H,3-18H2,1-2H3/t19?,21?,22-,23-,24+,25?,26+,27+,28?/m1/s1. The Morgan fingerprint density at radius 2 is 1.64 bits per heavy atom. The van der Waals surface area contributed by atoms with Crippen molar-refractivity contribution in [2.45, 2.75) is 115 Å². The normalized spacial score (nSPS) is 53.5. The summed E-state index contributed by atoms with van der Waals surface area (Å²) in [6.07, 6.45) is 14.1. The van der Waals surface area contributed by atoms with Crippen molar-refractivity contribution in [3.8, 4) is 0 Å². The van der Waals surface area contributed by atoms with Gasteiger partial charge in [0.2, 0.25) is 0 Å². The highest BCUT2D eigenvalue weighted by Gasteiger charge is 2.67. The first-order valence-corrected chi connectivity index (χ1v) is 14.2. The van der Waals surface area contributed by atoms with E-state index in [1.54, 1.807) is 0 Å². The molecule has 0 aromatic heterocycles. The summed E-state index contributed by atoms with van der Waals surface area (Å²) in [6.45, 7) is 7.73. The Hall–Kier alpha value is -0.490. The minimum absolute atomic E-state index is 0.0280. The third-order valence-electron chi connectivity index (χ3n) is 12.2. The third kappa shape index (κ3) is 3.28. The van der Waals surface area contributed by atoms with Crippen LogP contribution in [0.25, 0.3) is 0 Å². The van der Waals surface area contributed by atoms with Gasteiger partial charge in [0.25, 0.3) is 0 Å². The minimum atomic E-state index is -0.703. The summed E-state index contributed by atoms with van der Waals surface area (Å²) < 4.78 is 0. The lowest BCUT2D eigenvalue weighted by Gasteiger charge is -2.62. The molecule has 2 N–H and O–H groups in total. The smallest absolute Gasteiger partial charge is 0.135 e. The van der Waals surface area contributed by atoms with Gasteiger partial charge in [0.1, 0.15) is 11.5 Å². The van der Waals surface area contributed by atoms with Crippen molar-refractivity contribution in [2.24, 2.45) is 34.5 Å². The maximum Gasteiger partial charge on any atom is 0.135 e. The van der Waals surface area contributed by atoms with E-state index in [0.717, 1.165) is 70.0 Å². The van der Waals surface area contributed by atoms with Gasteiger partial charge in [-0.2, -0.15) is 0 Å². The van der Waals surface area contributed by atoms with E-state index in [4.69, 9.17) is 0 Å². The molecule has 0 bridgehead atoms. The van der Waals surface area contributed by atoms with Crippen LogP contribution in [0.4, 0.5) is 0 Å². The Morgan fingerprint density at radius 1 is 0.879 bits per heavy atom. The first-order valence-electron chi connectivity index (χ1n) is 14.2. The van der Waals surface area contributed by atoms with Crippen LogP contribution in [0.1, 0.15) is 97.3 Å². The summed E-state index contributed by atoms with van der Waals surface area (Å²) in [5, 5.41) is 22.8. The van der Waals surface area contributed by atoms with Crippen molar-refractivity contribution in [3.63, 3.8) is 0 Å². The highest BCUT2D eigenvalue weighted by atomic mass is 16.3. The molecule has 33 heavy (non-hydrogen) atoms. The van der Waals surface area contributed by atoms with Crippen LogP contribution < -0.4 is 0 Å². The fourth-order valence-electron chi connectivity index (χ4n) is 10.3. The number of aliphatic hydroxyl groups excluding tert-OH is 1. The fraction of sp³-hybridized carbons (Fsp3) is 0.964. The van der Waals surface area contributed by atoms with Gasteiger partial charge in [-0.05, 0) is 99.7 Å². The highest BCUT2D eigenvalue weighted by Crippen LogP contribution is 2.69. The third-order valence-corrected chi connectivity index (χ3v) is 12.2. The molecule has 2 aliphatic heterocycles. The molecule has 6 aliphatic rings. The number of carbonyl (C=O) groups is 1. The van der Waals surface area contributed by atoms with Crippen molar-refractivity contribution in [1.82, 2.24) is 9.80 Å². The number of hydrogen-bond donors (Lipinski definition) is 2. The van der Waals surface area contributed by atoms with E-state index < -0.39 is 5.72 Å². The SMILES string of the molecule is C[C@]12CCC(O)CC1CC[C@@H]1[C@H]2CC[C@@]2(C)[C@H]1CCC2(O)N1CCCC1N1CCC(=O)CC1. The summed E-state index contributed by atoms with van der Waals surface area (Å²) in [5.41, 5.74) is -0.341. The monoisotopic (exact) mass is 458 g/mol. The van der Waals surface area contributed by atoms with Gasteiger partial charge in [-0.1, -0.05) is 13.8 Å². The molecule has 5 nitrogen and oxygen atoms in total. The molecule has 0 radical (unpaired) electrons. The number of fused-ring (bicyclic) bond motifs is 5. The van der Waals surface area contributed by atoms with E-state index >= 15 is 0 Å². The lowest BCUT2D eigenvalue weighted by molar-refractivity contribution is -0.231. The molecule has 186 valence electrons. The molecule has 4 aliphatic carbocycles. The predicted octanol–water partition coefficient (Wildman–Crippen LogP) is 4.17. The molecule has 9 atom stereocenters. The average molecular weight is 459 g/mol. The lowest BCUT2D eigenvalue weighted by Crippen LogP contribution is -2.65. The number of hydrogen-bond acceptors (Lipinski definition) is 5. The molecule has 5 heteroatoms. The second kappa shape index (κ2) is 8.01. The summed E-state index contributed by atoms with van der Waals surface area (Å²) in [7, 11) is 0. The van der Waals surface area contributed by atoms with E-state index in [1.807, 2.05) is 0 Å². The van der Waals surface area contributed by atoms with Gasteiger partial charge in [0, 0.05) is 37.9 Å². The van der Waals surface area contributed by atoms with Crippen LogP contribution in [0.15, 0.2) is 0 Å². The van der Waals surface area contributed by atoms with Crippen LogP contribution in [-0.4, -0.2) is 63.4 Å². The molecule has 6 fully saturated rings. The zero-order valence-corrected chi connectivity index (χ0v) is 21.0. The highest BCUT2D eigenvalue weighted by molar-refractivity contribution is 5.79. The van der Waals surface area contributed by atoms with Gasteiger partial charge >= 0.3 is 0 Å². The van der Waals surface area contributed by atoms with E-state index in [1.165, 1.54) is 32.1 Å². The quantitative estimate of drug-likeness (QED) is 0.650. The fourth-order valence-corrected chi connectivity index (χ4v) is 10.3. The minimum Gasteiger partial charge on any atom is -0.393 e. The molecule has 0 amide bonds. The number of piperidine rings is 1. The van der Waals surface area contributed by atoms with Crippen LogP contribution in [-0.2, 0) is 4.79 Å². The molecular weight excluding hydrogens is 412 g/mol. The van der Waals surface area contributed by atoms with Gasteiger partial charge in [-0.25, -0.2) is 0 Å². The van der Waals surface area contributed by atoms with Crippen molar-refractivity contribution >= 4 is 5.78 Å². The van der Waals surface area contributed by atoms with Crippen LogP contribution in [0.3, 0.4) is 0 Å². The molecule has 0 spiro atoms. The largest absolute Gasteiger partial charge is 0.393 e. The summed E-state index contributed by atoms with van der Waals surface area (Å²) in [6, 6.07) is 0. The Labute approximate surface area is 200 Å². The molecule has 4 saturated carbocycles. The zero-order chi connectivity index (χ0) is 23.0. The van der Waals surface area contributed by atoms with Crippen LogP contribution in [0.5, 0.6) is 0 Å². The molecule has 0 aromatic rings. The Bertz CT molecular complexity index is 779. The van der Waals surface area contributed by atoms with Crippen molar-refractivity contribution in [3.05, 3.63) is 0 Å². The van der Waals surface area contributed by atoms with Crippen molar-refractivity contribution in [1.29, 1.82) is 0 Å². The topological polar surface area (TPSA) is 64.0 Å². The Morgan fingerprint density at radius 3 is 2.42 bits per heavy atom. The van der Waals surface area contributed by atoms with Crippen molar-refractivity contribution < 1.29 is 15.0 Å². The molecule has 0 aromatic carbocycles. The average Bonchev–Trinajstić information content (AvgIpc) is 3.39. The van der Waals surface area contributed by atoms with E-state index in [0.29, 0.717) is 42.0 Å². The zero-order valence-electron chi connectivity index (χ0n) is 21.0. The molecular formula is C28H46N2O3. The second-order valence-electron chi connectivity index (χ2n) is 13.3. The predicted molar refractivity (Wildman–Crippen MR) is 128 cm³/mol. The van der Waals surface area contributed by atoms with E-state index in [2.05, 4.69) is 23.6 Å². The maximum absolute atomic E-state index is 12.5. The lowest BCUT2D eigenvalue weighted by atomic mass is 9.44. The van der Waals surface area contributed by atoms with E-state index in [-0.39, 0.29) is 11.5 Å². The second-order valence-corrected chi connectivity index (χ2v) is 13.3. The number of carbonyl (C=O) groups excluding carboxylic acids is 1. The first-order chi connectivity index (χ1) is 15.8. The number of aliphatic hydroxyl groups is 2. The van der Waals surface area contributed by atoms with Crippen molar-refractivity contribution in [2.75, 3.05) is 19.6 Å². The van der Waals surface area contributed by atoms with Gasteiger partial charge in [-0.15, -0.1) is 0 Å². The first kappa shape index (κ1) is 22.9. The molecule has 6 rings (SSSR count). The molecule has 4 unspecified atom stereocenters. The number of Topliss-reactive ketones (excluding diaryl/α,β-unsaturated/α-hetero) is 1. The number of ketones is 1. The van der Waals surface area contributed by atoms with Crippen LogP contribution in [0.2, 0.25) is 0 Å². The summed E-state index contributed by atoms with van der Waals surface area (Å²) >= 11 is 0.